The molecule has 0 aliphatic rings. The quantitative estimate of drug-likeness (QED) is 0.798. The molecule has 0 radical (unpaired) electrons. The van der Waals surface area contributed by atoms with Gasteiger partial charge in [-0.05, 0) is 32.5 Å². The second-order valence-electron chi connectivity index (χ2n) is 4.43. The van der Waals surface area contributed by atoms with Crippen LogP contribution in [-0.2, 0) is 0 Å². The largest absolute Gasteiger partial charge is 0.387 e. The molecule has 1 N–H and O–H groups in total. The maximum absolute atomic E-state index is 10.2. The van der Waals surface area contributed by atoms with Crippen molar-refractivity contribution in [1.82, 2.24) is 4.90 Å². The molecule has 1 rings (SSSR count). The Labute approximate surface area is 98.9 Å². The van der Waals surface area contributed by atoms with E-state index in [1.54, 1.807) is 0 Å². The van der Waals surface area contributed by atoms with Crippen LogP contribution in [0.5, 0.6) is 0 Å². The molecule has 0 aliphatic carbocycles. The number of aliphatic hydroxyl groups excluding tert-OH is 1. The average molecular weight is 221 g/mol. The predicted molar refractivity (Wildman–Crippen MR) is 68.4 cm³/mol. The number of benzene rings is 1. The van der Waals surface area contributed by atoms with E-state index in [9.17, 15) is 5.11 Å². The topological polar surface area (TPSA) is 23.5 Å². The zero-order valence-electron chi connectivity index (χ0n) is 10.6. The molecule has 0 aliphatic heterocycles. The summed E-state index contributed by atoms with van der Waals surface area (Å²) in [5.41, 5.74) is 0.998. The number of rotatable bonds is 6. The SMILES string of the molecule is CCCCN(C)[C@@H](C)[C@H](O)c1ccccc1. The fraction of sp³-hybridized carbons (Fsp3) is 0.571. The van der Waals surface area contributed by atoms with Crippen molar-refractivity contribution >= 4 is 0 Å². The van der Waals surface area contributed by atoms with Gasteiger partial charge in [0.15, 0.2) is 0 Å². The van der Waals surface area contributed by atoms with E-state index >= 15 is 0 Å². The highest BCUT2D eigenvalue weighted by atomic mass is 16.3. The number of nitrogens with zero attached hydrogens (tertiary/aromatic N) is 1. The zero-order valence-corrected chi connectivity index (χ0v) is 10.6. The second-order valence-corrected chi connectivity index (χ2v) is 4.43. The van der Waals surface area contributed by atoms with Crippen molar-refractivity contribution in [3.63, 3.8) is 0 Å². The molecule has 0 saturated carbocycles. The molecule has 0 unspecified atom stereocenters. The molecular weight excluding hydrogens is 198 g/mol. The van der Waals surface area contributed by atoms with Crippen molar-refractivity contribution in [2.24, 2.45) is 0 Å². The number of unbranched alkanes of at least 4 members (excludes halogenated alkanes) is 1. The first kappa shape index (κ1) is 13.2. The monoisotopic (exact) mass is 221 g/mol. The van der Waals surface area contributed by atoms with E-state index in [0.717, 1.165) is 12.1 Å². The molecule has 16 heavy (non-hydrogen) atoms. The molecule has 2 nitrogen and oxygen atoms in total. The Balaban J connectivity index is 2.56. The van der Waals surface area contributed by atoms with Gasteiger partial charge in [0.05, 0.1) is 6.10 Å². The fourth-order valence-electron chi connectivity index (χ4n) is 1.78. The summed E-state index contributed by atoms with van der Waals surface area (Å²) < 4.78 is 0. The van der Waals surface area contributed by atoms with E-state index in [4.69, 9.17) is 0 Å². The molecule has 90 valence electrons. The summed E-state index contributed by atoms with van der Waals surface area (Å²) >= 11 is 0. The van der Waals surface area contributed by atoms with Gasteiger partial charge in [-0.15, -0.1) is 0 Å². The number of likely N-dealkylation sites (N-methyl/N-ethyl adjacent to an activating group) is 1. The van der Waals surface area contributed by atoms with Crippen molar-refractivity contribution in [3.05, 3.63) is 35.9 Å². The van der Waals surface area contributed by atoms with Gasteiger partial charge >= 0.3 is 0 Å². The van der Waals surface area contributed by atoms with Crippen LogP contribution < -0.4 is 0 Å². The van der Waals surface area contributed by atoms with E-state index in [-0.39, 0.29) is 6.04 Å². The predicted octanol–water partition coefficient (Wildman–Crippen LogP) is 2.84. The number of hydrogen-bond donors (Lipinski definition) is 1. The lowest BCUT2D eigenvalue weighted by Gasteiger charge is -2.29. The Hall–Kier alpha value is -0.860. The third-order valence-electron chi connectivity index (χ3n) is 3.16. The van der Waals surface area contributed by atoms with Gasteiger partial charge in [-0.1, -0.05) is 43.7 Å². The van der Waals surface area contributed by atoms with Gasteiger partial charge in [0.1, 0.15) is 0 Å². The van der Waals surface area contributed by atoms with Gasteiger partial charge in [-0.3, -0.25) is 0 Å². The molecule has 0 amide bonds. The molecular formula is C14H23NO. The Morgan fingerprint density at radius 1 is 1.25 bits per heavy atom. The summed E-state index contributed by atoms with van der Waals surface area (Å²) in [7, 11) is 2.08. The van der Waals surface area contributed by atoms with Gasteiger partial charge in [0.2, 0.25) is 0 Å². The van der Waals surface area contributed by atoms with Crippen molar-refractivity contribution < 1.29 is 5.11 Å². The second kappa shape index (κ2) is 6.66. The highest BCUT2D eigenvalue weighted by Gasteiger charge is 2.19. The van der Waals surface area contributed by atoms with Gasteiger partial charge in [-0.25, -0.2) is 0 Å². The van der Waals surface area contributed by atoms with Gasteiger partial charge in [0.25, 0.3) is 0 Å². The molecule has 0 spiro atoms. The summed E-state index contributed by atoms with van der Waals surface area (Å²) in [6.07, 6.45) is 1.98. The van der Waals surface area contributed by atoms with Crippen LogP contribution in [0.3, 0.4) is 0 Å². The summed E-state index contributed by atoms with van der Waals surface area (Å²) in [4.78, 5) is 2.22. The third-order valence-corrected chi connectivity index (χ3v) is 3.16. The molecule has 2 heteroatoms. The van der Waals surface area contributed by atoms with Crippen molar-refractivity contribution in [2.75, 3.05) is 13.6 Å². The van der Waals surface area contributed by atoms with Crippen LogP contribution in [0.2, 0.25) is 0 Å². The first-order valence-electron chi connectivity index (χ1n) is 6.10. The Bertz CT molecular complexity index is 286. The summed E-state index contributed by atoms with van der Waals surface area (Å²) in [6, 6.07) is 10.0. The highest BCUT2D eigenvalue weighted by Crippen LogP contribution is 2.19. The van der Waals surface area contributed by atoms with Crippen LogP contribution in [0.15, 0.2) is 30.3 Å². The molecule has 0 fully saturated rings. The van der Waals surface area contributed by atoms with Gasteiger partial charge in [-0.2, -0.15) is 0 Å². The zero-order chi connectivity index (χ0) is 12.0. The third kappa shape index (κ3) is 3.62. The van der Waals surface area contributed by atoms with Crippen LogP contribution in [0.1, 0.15) is 38.4 Å². The standard InChI is InChI=1S/C14H23NO/c1-4-5-11-15(3)12(2)14(16)13-9-7-6-8-10-13/h6-10,12,14,16H,4-5,11H2,1-3H3/t12-,14-/m0/s1. The average Bonchev–Trinajstić information content (AvgIpc) is 2.35. The number of aliphatic hydroxyl groups is 1. The molecule has 1 aromatic rings. The molecule has 0 saturated heterocycles. The Morgan fingerprint density at radius 3 is 2.44 bits per heavy atom. The van der Waals surface area contributed by atoms with E-state index in [1.165, 1.54) is 12.8 Å². The molecule has 0 bridgehead atoms. The highest BCUT2D eigenvalue weighted by molar-refractivity contribution is 5.18. The van der Waals surface area contributed by atoms with Crippen LogP contribution in [0.4, 0.5) is 0 Å². The first-order valence-corrected chi connectivity index (χ1v) is 6.10. The van der Waals surface area contributed by atoms with Crippen LogP contribution in [-0.4, -0.2) is 29.6 Å². The summed E-state index contributed by atoms with van der Waals surface area (Å²) in [6.45, 7) is 5.31. The smallest absolute Gasteiger partial charge is 0.0942 e. The van der Waals surface area contributed by atoms with Gasteiger partial charge < -0.3 is 10.0 Å². The van der Waals surface area contributed by atoms with Gasteiger partial charge in [0, 0.05) is 6.04 Å². The maximum Gasteiger partial charge on any atom is 0.0942 e. The molecule has 0 heterocycles. The minimum absolute atomic E-state index is 0.161. The Morgan fingerprint density at radius 2 is 1.88 bits per heavy atom. The maximum atomic E-state index is 10.2. The fourth-order valence-corrected chi connectivity index (χ4v) is 1.78. The van der Waals surface area contributed by atoms with Crippen molar-refractivity contribution in [1.29, 1.82) is 0 Å². The number of hydrogen-bond acceptors (Lipinski definition) is 2. The van der Waals surface area contributed by atoms with Crippen molar-refractivity contribution in [2.45, 2.75) is 38.8 Å². The van der Waals surface area contributed by atoms with E-state index in [2.05, 4.69) is 25.8 Å². The summed E-state index contributed by atoms with van der Waals surface area (Å²) in [5.74, 6) is 0. The van der Waals surface area contributed by atoms with E-state index < -0.39 is 6.10 Å². The molecule has 0 aromatic heterocycles. The molecule has 1 aromatic carbocycles. The van der Waals surface area contributed by atoms with Crippen LogP contribution in [0.25, 0.3) is 0 Å². The van der Waals surface area contributed by atoms with Crippen LogP contribution in [0, 0.1) is 0 Å². The van der Waals surface area contributed by atoms with E-state index in [1.807, 2.05) is 30.3 Å². The van der Waals surface area contributed by atoms with Crippen LogP contribution >= 0.6 is 0 Å². The minimum atomic E-state index is -0.400. The Kier molecular flexibility index (Phi) is 5.50. The molecule has 2 atom stereocenters. The first-order chi connectivity index (χ1) is 7.66. The normalized spacial score (nSPS) is 15.1. The lowest BCUT2D eigenvalue weighted by atomic mass is 10.0. The lowest BCUT2D eigenvalue weighted by Crippen LogP contribution is -2.35. The lowest BCUT2D eigenvalue weighted by molar-refractivity contribution is 0.0719. The van der Waals surface area contributed by atoms with Crippen molar-refractivity contribution in [3.8, 4) is 0 Å². The summed E-state index contributed by atoms with van der Waals surface area (Å²) in [5, 5.41) is 10.2. The minimum Gasteiger partial charge on any atom is -0.387 e. The van der Waals surface area contributed by atoms with E-state index in [0.29, 0.717) is 0 Å².